The van der Waals surface area contributed by atoms with Gasteiger partial charge in [-0.15, -0.1) is 0 Å². The zero-order valence-corrected chi connectivity index (χ0v) is 10.3. The molecule has 18 heavy (non-hydrogen) atoms. The van der Waals surface area contributed by atoms with Crippen molar-refractivity contribution in [2.24, 2.45) is 0 Å². The first-order chi connectivity index (χ1) is 8.54. The first kappa shape index (κ1) is 12.3. The Balaban J connectivity index is 2.58. The highest BCUT2D eigenvalue weighted by Gasteiger charge is 2.52. The highest BCUT2D eigenvalue weighted by atomic mass is 16.2. The van der Waals surface area contributed by atoms with Crippen molar-refractivity contribution in [1.82, 2.24) is 10.2 Å². The second kappa shape index (κ2) is 4.25. The molecule has 0 aliphatic carbocycles. The van der Waals surface area contributed by atoms with Crippen molar-refractivity contribution in [3.05, 3.63) is 35.9 Å². The van der Waals surface area contributed by atoms with Crippen LogP contribution in [0.3, 0.4) is 0 Å². The molecule has 0 aromatic heterocycles. The molecule has 5 nitrogen and oxygen atoms in total. The molecule has 1 aromatic rings. The number of urea groups is 1. The number of barbiturate groups is 1. The summed E-state index contributed by atoms with van der Waals surface area (Å²) in [6.07, 6.45) is 0.305. The topological polar surface area (TPSA) is 66.5 Å². The summed E-state index contributed by atoms with van der Waals surface area (Å²) < 4.78 is 0. The van der Waals surface area contributed by atoms with Gasteiger partial charge in [-0.1, -0.05) is 37.3 Å². The minimum atomic E-state index is -1.30. The number of rotatable bonds is 2. The lowest BCUT2D eigenvalue weighted by Gasteiger charge is -2.37. The third-order valence-corrected chi connectivity index (χ3v) is 3.38. The molecule has 1 N–H and O–H groups in total. The molecule has 1 fully saturated rings. The van der Waals surface area contributed by atoms with Crippen molar-refractivity contribution in [1.29, 1.82) is 0 Å². The molecule has 2 rings (SSSR count). The number of likely N-dealkylation sites (N-methyl/N-ethyl adjacent to an activating group) is 1. The lowest BCUT2D eigenvalue weighted by atomic mass is 9.75. The standard InChI is InChI=1S/C13H14N2O3/c1-3-13(9-7-5-4-6-8-9)10(16)14-12(18)15(2)11(13)17/h4-8H,3H2,1-2H3,(H,14,16,18)/t13-/m1/s1. The van der Waals surface area contributed by atoms with E-state index in [1.54, 1.807) is 31.2 Å². The van der Waals surface area contributed by atoms with E-state index in [0.29, 0.717) is 12.0 Å². The van der Waals surface area contributed by atoms with E-state index in [2.05, 4.69) is 5.32 Å². The maximum Gasteiger partial charge on any atom is 0.330 e. The molecule has 94 valence electrons. The Kier molecular flexibility index (Phi) is 2.90. The molecule has 1 aliphatic heterocycles. The van der Waals surface area contributed by atoms with Gasteiger partial charge in [-0.3, -0.25) is 19.8 Å². The minimum Gasteiger partial charge on any atom is -0.276 e. The second-order valence-electron chi connectivity index (χ2n) is 4.25. The van der Waals surface area contributed by atoms with Crippen LogP contribution < -0.4 is 5.32 Å². The summed E-state index contributed by atoms with van der Waals surface area (Å²) in [6, 6.07) is 8.13. The largest absolute Gasteiger partial charge is 0.330 e. The molecule has 1 atom stereocenters. The van der Waals surface area contributed by atoms with Crippen LogP contribution in [-0.4, -0.2) is 29.8 Å². The normalized spacial score (nSPS) is 24.1. The fraction of sp³-hybridized carbons (Fsp3) is 0.308. The number of carbonyl (C=O) groups excluding carboxylic acids is 3. The predicted octanol–water partition coefficient (Wildman–Crippen LogP) is 1.04. The molecule has 4 amide bonds. The Morgan fingerprint density at radius 1 is 1.17 bits per heavy atom. The molecule has 1 saturated heterocycles. The number of nitrogens with zero attached hydrogens (tertiary/aromatic N) is 1. The van der Waals surface area contributed by atoms with E-state index in [9.17, 15) is 14.4 Å². The number of carbonyl (C=O) groups is 3. The number of amides is 4. The number of hydrogen-bond donors (Lipinski definition) is 1. The molecular formula is C13H14N2O3. The van der Waals surface area contributed by atoms with Gasteiger partial charge in [-0.25, -0.2) is 4.79 Å². The van der Waals surface area contributed by atoms with Gasteiger partial charge < -0.3 is 0 Å². The van der Waals surface area contributed by atoms with Gasteiger partial charge in [0.1, 0.15) is 0 Å². The third-order valence-electron chi connectivity index (χ3n) is 3.38. The average molecular weight is 246 g/mol. The zero-order chi connectivity index (χ0) is 13.3. The van der Waals surface area contributed by atoms with E-state index >= 15 is 0 Å². The highest BCUT2D eigenvalue weighted by Crippen LogP contribution is 2.32. The molecule has 0 radical (unpaired) electrons. The van der Waals surface area contributed by atoms with Gasteiger partial charge in [0.05, 0.1) is 0 Å². The summed E-state index contributed by atoms with van der Waals surface area (Å²) in [5, 5.41) is 2.23. The van der Waals surface area contributed by atoms with E-state index < -0.39 is 23.3 Å². The Hall–Kier alpha value is -2.17. The molecule has 0 bridgehead atoms. The molecule has 1 heterocycles. The molecule has 0 spiro atoms. The van der Waals surface area contributed by atoms with E-state index in [4.69, 9.17) is 0 Å². The van der Waals surface area contributed by atoms with Crippen LogP contribution in [0.5, 0.6) is 0 Å². The van der Waals surface area contributed by atoms with Gasteiger partial charge in [0.15, 0.2) is 5.41 Å². The van der Waals surface area contributed by atoms with Gasteiger partial charge >= 0.3 is 6.03 Å². The van der Waals surface area contributed by atoms with Crippen molar-refractivity contribution in [3.8, 4) is 0 Å². The van der Waals surface area contributed by atoms with E-state index in [-0.39, 0.29) is 0 Å². The minimum absolute atomic E-state index is 0.305. The highest BCUT2D eigenvalue weighted by molar-refractivity contribution is 6.22. The van der Waals surface area contributed by atoms with Crippen LogP contribution >= 0.6 is 0 Å². The molecule has 1 aliphatic rings. The summed E-state index contributed by atoms with van der Waals surface area (Å²) in [5.41, 5.74) is -0.696. The predicted molar refractivity (Wildman–Crippen MR) is 64.7 cm³/mol. The summed E-state index contributed by atoms with van der Waals surface area (Å²) in [6.45, 7) is 1.76. The first-order valence-electron chi connectivity index (χ1n) is 5.73. The quantitative estimate of drug-likeness (QED) is 0.793. The molecule has 0 saturated carbocycles. The van der Waals surface area contributed by atoms with Crippen LogP contribution in [0, 0.1) is 0 Å². The van der Waals surface area contributed by atoms with Gasteiger partial charge in [0.25, 0.3) is 5.91 Å². The Morgan fingerprint density at radius 2 is 1.78 bits per heavy atom. The number of hydrogen-bond acceptors (Lipinski definition) is 3. The summed E-state index contributed by atoms with van der Waals surface area (Å²) in [4.78, 5) is 36.9. The lowest BCUT2D eigenvalue weighted by molar-refractivity contribution is -0.144. The monoisotopic (exact) mass is 246 g/mol. The molecular weight excluding hydrogens is 232 g/mol. The van der Waals surface area contributed by atoms with E-state index in [0.717, 1.165) is 4.90 Å². The van der Waals surface area contributed by atoms with Crippen LogP contribution in [0.15, 0.2) is 30.3 Å². The average Bonchev–Trinajstić information content (AvgIpc) is 2.39. The Labute approximate surface area is 105 Å². The van der Waals surface area contributed by atoms with Gasteiger partial charge in [0.2, 0.25) is 5.91 Å². The van der Waals surface area contributed by atoms with Gasteiger partial charge in [-0.05, 0) is 12.0 Å². The molecule has 0 unspecified atom stereocenters. The maximum absolute atomic E-state index is 12.3. The number of benzene rings is 1. The van der Waals surface area contributed by atoms with E-state index in [1.807, 2.05) is 6.07 Å². The fourth-order valence-electron chi connectivity index (χ4n) is 2.26. The van der Waals surface area contributed by atoms with Crippen LogP contribution in [0.25, 0.3) is 0 Å². The van der Waals surface area contributed by atoms with Crippen LogP contribution in [-0.2, 0) is 15.0 Å². The van der Waals surface area contributed by atoms with Crippen molar-refractivity contribution >= 4 is 17.8 Å². The van der Waals surface area contributed by atoms with Crippen molar-refractivity contribution in [3.63, 3.8) is 0 Å². The smallest absolute Gasteiger partial charge is 0.276 e. The van der Waals surface area contributed by atoms with Crippen LogP contribution in [0.2, 0.25) is 0 Å². The SMILES string of the molecule is CC[C@@]1(c2ccccc2)C(=O)NC(=O)N(C)C1=O. The van der Waals surface area contributed by atoms with Crippen molar-refractivity contribution < 1.29 is 14.4 Å². The van der Waals surface area contributed by atoms with Gasteiger partial charge in [-0.2, -0.15) is 0 Å². The summed E-state index contributed by atoms with van der Waals surface area (Å²) >= 11 is 0. The Bertz CT molecular complexity index is 512. The Morgan fingerprint density at radius 3 is 2.33 bits per heavy atom. The zero-order valence-electron chi connectivity index (χ0n) is 10.3. The summed E-state index contributed by atoms with van der Waals surface area (Å²) in [5.74, 6) is -1.03. The molecule has 5 heteroatoms. The fourth-order valence-corrected chi connectivity index (χ4v) is 2.26. The van der Waals surface area contributed by atoms with E-state index in [1.165, 1.54) is 7.05 Å². The third kappa shape index (κ3) is 1.51. The summed E-state index contributed by atoms with van der Waals surface area (Å²) in [7, 11) is 1.37. The van der Waals surface area contributed by atoms with Crippen molar-refractivity contribution in [2.75, 3.05) is 7.05 Å². The number of nitrogens with one attached hydrogen (secondary N) is 1. The van der Waals surface area contributed by atoms with Crippen molar-refractivity contribution in [2.45, 2.75) is 18.8 Å². The second-order valence-corrected chi connectivity index (χ2v) is 4.25. The maximum atomic E-state index is 12.3. The van der Waals surface area contributed by atoms with Crippen LogP contribution in [0.4, 0.5) is 4.79 Å². The molecule has 1 aromatic carbocycles. The van der Waals surface area contributed by atoms with Gasteiger partial charge in [0, 0.05) is 7.05 Å². The van der Waals surface area contributed by atoms with Crippen LogP contribution in [0.1, 0.15) is 18.9 Å². The number of imide groups is 2. The first-order valence-corrected chi connectivity index (χ1v) is 5.73. The lowest BCUT2D eigenvalue weighted by Crippen LogP contribution is -2.64.